The van der Waals surface area contributed by atoms with E-state index < -0.39 is 6.10 Å². The molecular formula is C18H21FO2. The molecule has 0 unspecified atom stereocenters. The normalized spacial score (nSPS) is 12.5. The maximum Gasteiger partial charge on any atom is 0.133 e. The van der Waals surface area contributed by atoms with Crippen LogP contribution < -0.4 is 4.74 Å². The lowest BCUT2D eigenvalue weighted by molar-refractivity contribution is 0.195. The van der Waals surface area contributed by atoms with E-state index in [1.807, 2.05) is 24.3 Å². The molecule has 1 atom stereocenters. The van der Waals surface area contributed by atoms with Gasteiger partial charge in [-0.2, -0.15) is 0 Å². The van der Waals surface area contributed by atoms with E-state index in [1.165, 1.54) is 11.6 Å². The van der Waals surface area contributed by atoms with E-state index in [1.54, 1.807) is 19.9 Å². The van der Waals surface area contributed by atoms with Gasteiger partial charge in [0.15, 0.2) is 0 Å². The van der Waals surface area contributed by atoms with Gasteiger partial charge in [0.2, 0.25) is 0 Å². The average Bonchev–Trinajstić information content (AvgIpc) is 2.43. The monoisotopic (exact) mass is 288 g/mol. The molecule has 0 bridgehead atoms. The second kappa shape index (κ2) is 6.27. The molecule has 2 rings (SSSR count). The van der Waals surface area contributed by atoms with Gasteiger partial charge in [0.05, 0.1) is 6.10 Å². The molecule has 0 saturated carbocycles. The maximum absolute atomic E-state index is 13.6. The van der Waals surface area contributed by atoms with E-state index in [9.17, 15) is 9.50 Å². The largest absolute Gasteiger partial charge is 0.457 e. The summed E-state index contributed by atoms with van der Waals surface area (Å²) in [5.74, 6) is 1.28. The summed E-state index contributed by atoms with van der Waals surface area (Å²) in [7, 11) is 0. The first-order chi connectivity index (χ1) is 9.88. The third kappa shape index (κ3) is 3.61. The van der Waals surface area contributed by atoms with Gasteiger partial charge in [-0.1, -0.05) is 26.0 Å². The predicted octanol–water partition coefficient (Wildman–Crippen LogP) is 5.10. The molecule has 0 aliphatic carbocycles. The van der Waals surface area contributed by atoms with Gasteiger partial charge in [-0.15, -0.1) is 0 Å². The van der Waals surface area contributed by atoms with Gasteiger partial charge in [0, 0.05) is 5.56 Å². The molecule has 2 aromatic carbocycles. The van der Waals surface area contributed by atoms with Crippen LogP contribution in [0, 0.1) is 12.7 Å². The number of benzene rings is 2. The zero-order chi connectivity index (χ0) is 15.6. The van der Waals surface area contributed by atoms with Crippen LogP contribution in [0.1, 0.15) is 49.5 Å². The van der Waals surface area contributed by atoms with Gasteiger partial charge in [-0.25, -0.2) is 4.39 Å². The molecule has 0 aliphatic heterocycles. The average molecular weight is 288 g/mol. The minimum absolute atomic E-state index is 0.339. The van der Waals surface area contributed by atoms with E-state index in [2.05, 4.69) is 13.8 Å². The Labute approximate surface area is 125 Å². The van der Waals surface area contributed by atoms with Crippen molar-refractivity contribution in [3.05, 3.63) is 58.9 Å². The van der Waals surface area contributed by atoms with Gasteiger partial charge in [0.1, 0.15) is 17.3 Å². The molecule has 112 valence electrons. The molecule has 0 aliphatic rings. The van der Waals surface area contributed by atoms with E-state index in [0.29, 0.717) is 28.5 Å². The van der Waals surface area contributed by atoms with Crippen molar-refractivity contribution in [1.29, 1.82) is 0 Å². The zero-order valence-corrected chi connectivity index (χ0v) is 12.9. The summed E-state index contributed by atoms with van der Waals surface area (Å²) in [6.07, 6.45) is -0.787. The highest BCUT2D eigenvalue weighted by Gasteiger charge is 2.14. The van der Waals surface area contributed by atoms with Gasteiger partial charge >= 0.3 is 0 Å². The van der Waals surface area contributed by atoms with E-state index in [4.69, 9.17) is 4.74 Å². The Hall–Kier alpha value is -1.87. The maximum atomic E-state index is 13.6. The lowest BCUT2D eigenvalue weighted by Crippen LogP contribution is -1.99. The summed E-state index contributed by atoms with van der Waals surface area (Å²) in [6.45, 7) is 7.53. The second-order valence-corrected chi connectivity index (χ2v) is 5.64. The van der Waals surface area contributed by atoms with Crippen molar-refractivity contribution in [3.8, 4) is 11.5 Å². The van der Waals surface area contributed by atoms with Crippen molar-refractivity contribution in [2.45, 2.75) is 39.7 Å². The lowest BCUT2D eigenvalue weighted by atomic mass is 10.0. The molecule has 0 spiro atoms. The minimum atomic E-state index is -0.787. The van der Waals surface area contributed by atoms with Crippen LogP contribution in [0.3, 0.4) is 0 Å². The quantitative estimate of drug-likeness (QED) is 0.847. The van der Waals surface area contributed by atoms with E-state index >= 15 is 0 Å². The summed E-state index contributed by atoms with van der Waals surface area (Å²) in [5.41, 5.74) is 2.17. The molecule has 0 heterocycles. The van der Waals surface area contributed by atoms with Crippen LogP contribution in [0.5, 0.6) is 11.5 Å². The number of halogens is 1. The Morgan fingerprint density at radius 1 is 1.05 bits per heavy atom. The minimum Gasteiger partial charge on any atom is -0.457 e. The molecule has 2 nitrogen and oxygen atoms in total. The molecule has 21 heavy (non-hydrogen) atoms. The van der Waals surface area contributed by atoms with Gasteiger partial charge < -0.3 is 9.84 Å². The first kappa shape index (κ1) is 15.5. The van der Waals surface area contributed by atoms with Crippen LogP contribution in [0.25, 0.3) is 0 Å². The molecule has 0 amide bonds. The van der Waals surface area contributed by atoms with Gasteiger partial charge in [-0.3, -0.25) is 0 Å². The fraction of sp³-hybridized carbons (Fsp3) is 0.333. The molecule has 2 aromatic rings. The fourth-order valence-electron chi connectivity index (χ4n) is 2.13. The SMILES string of the molecule is Cc1cc(Oc2ccc(C(C)C)cc2)c([C@H](C)O)cc1F. The standard InChI is InChI=1S/C18H21FO2/c1-11(2)14-5-7-15(8-6-14)21-18-9-12(3)17(19)10-16(18)13(4)20/h5-11,13,20H,1-4H3/t13-/m0/s1. The number of hydrogen-bond acceptors (Lipinski definition) is 2. The molecule has 0 saturated heterocycles. The first-order valence-electron chi connectivity index (χ1n) is 7.14. The molecule has 3 heteroatoms. The van der Waals surface area contributed by atoms with Crippen LogP contribution in [-0.4, -0.2) is 5.11 Å². The fourth-order valence-corrected chi connectivity index (χ4v) is 2.13. The van der Waals surface area contributed by atoms with Crippen molar-refractivity contribution in [1.82, 2.24) is 0 Å². The number of ether oxygens (including phenoxy) is 1. The number of rotatable bonds is 4. The van der Waals surface area contributed by atoms with Crippen molar-refractivity contribution in [3.63, 3.8) is 0 Å². The highest BCUT2D eigenvalue weighted by Crippen LogP contribution is 2.32. The topological polar surface area (TPSA) is 29.5 Å². The zero-order valence-electron chi connectivity index (χ0n) is 12.9. The Morgan fingerprint density at radius 2 is 1.67 bits per heavy atom. The molecule has 0 aromatic heterocycles. The number of aliphatic hydroxyl groups excluding tert-OH is 1. The molecule has 0 fully saturated rings. The predicted molar refractivity (Wildman–Crippen MR) is 82.4 cm³/mol. The van der Waals surface area contributed by atoms with E-state index in [0.717, 1.165) is 0 Å². The highest BCUT2D eigenvalue weighted by molar-refractivity contribution is 5.42. The van der Waals surface area contributed by atoms with Crippen molar-refractivity contribution >= 4 is 0 Å². The van der Waals surface area contributed by atoms with Crippen LogP contribution in [0.4, 0.5) is 4.39 Å². The highest BCUT2D eigenvalue weighted by atomic mass is 19.1. The Kier molecular flexibility index (Phi) is 4.63. The number of aliphatic hydroxyl groups is 1. The van der Waals surface area contributed by atoms with Gasteiger partial charge in [0.25, 0.3) is 0 Å². The summed E-state index contributed by atoms with van der Waals surface area (Å²) in [4.78, 5) is 0. The summed E-state index contributed by atoms with van der Waals surface area (Å²) >= 11 is 0. The van der Waals surface area contributed by atoms with E-state index in [-0.39, 0.29) is 5.82 Å². The van der Waals surface area contributed by atoms with Crippen molar-refractivity contribution in [2.24, 2.45) is 0 Å². The Morgan fingerprint density at radius 3 is 2.19 bits per heavy atom. The third-order valence-electron chi connectivity index (χ3n) is 3.52. The van der Waals surface area contributed by atoms with Gasteiger partial charge in [-0.05, 0) is 55.2 Å². The molecule has 1 N–H and O–H groups in total. The smallest absolute Gasteiger partial charge is 0.133 e. The lowest BCUT2D eigenvalue weighted by Gasteiger charge is -2.15. The van der Waals surface area contributed by atoms with Crippen molar-refractivity contribution < 1.29 is 14.2 Å². The Balaban J connectivity index is 2.32. The second-order valence-electron chi connectivity index (χ2n) is 5.64. The first-order valence-corrected chi connectivity index (χ1v) is 7.14. The summed E-state index contributed by atoms with van der Waals surface area (Å²) in [5, 5.41) is 9.77. The van der Waals surface area contributed by atoms with Crippen LogP contribution >= 0.6 is 0 Å². The van der Waals surface area contributed by atoms with Crippen molar-refractivity contribution in [2.75, 3.05) is 0 Å². The number of aryl methyl sites for hydroxylation is 1. The number of hydrogen-bond donors (Lipinski definition) is 1. The van der Waals surface area contributed by atoms with Crippen LogP contribution in [-0.2, 0) is 0 Å². The molecule has 0 radical (unpaired) electrons. The third-order valence-corrected chi connectivity index (χ3v) is 3.52. The molecular weight excluding hydrogens is 267 g/mol. The summed E-state index contributed by atoms with van der Waals surface area (Å²) in [6, 6.07) is 10.8. The van der Waals surface area contributed by atoms with Crippen LogP contribution in [0.2, 0.25) is 0 Å². The van der Waals surface area contributed by atoms with Crippen LogP contribution in [0.15, 0.2) is 36.4 Å². The Bertz CT molecular complexity index is 616. The summed E-state index contributed by atoms with van der Waals surface area (Å²) < 4.78 is 19.4.